The number of H-pyrrole nitrogens is 1. The molecule has 0 aliphatic rings. The van der Waals surface area contributed by atoms with E-state index in [1.54, 1.807) is 6.20 Å². The smallest absolute Gasteiger partial charge is 0.220 e. The van der Waals surface area contributed by atoms with E-state index in [0.29, 0.717) is 5.95 Å². The van der Waals surface area contributed by atoms with Gasteiger partial charge in [-0.25, -0.2) is 9.97 Å². The molecule has 0 spiro atoms. The molecule has 84 valence electrons. The second-order valence-electron chi connectivity index (χ2n) is 4.00. The van der Waals surface area contributed by atoms with Gasteiger partial charge in [0.05, 0.1) is 5.69 Å². The van der Waals surface area contributed by atoms with Crippen LogP contribution >= 0.6 is 0 Å². The van der Waals surface area contributed by atoms with Crippen LogP contribution in [0.5, 0.6) is 0 Å². The molecule has 3 aromatic rings. The molecule has 0 aliphatic carbocycles. The summed E-state index contributed by atoms with van der Waals surface area (Å²) in [7, 11) is 0. The lowest BCUT2D eigenvalue weighted by Crippen LogP contribution is -1.94. The van der Waals surface area contributed by atoms with E-state index in [4.69, 9.17) is 5.73 Å². The molecule has 4 nitrogen and oxygen atoms in total. The highest BCUT2D eigenvalue weighted by atomic mass is 15.0. The molecular weight excluding hydrogens is 212 g/mol. The minimum Gasteiger partial charge on any atom is -0.368 e. The van der Waals surface area contributed by atoms with Gasteiger partial charge in [-0.3, -0.25) is 0 Å². The topological polar surface area (TPSA) is 67.6 Å². The van der Waals surface area contributed by atoms with Crippen molar-refractivity contribution in [3.63, 3.8) is 0 Å². The summed E-state index contributed by atoms with van der Waals surface area (Å²) >= 11 is 0. The van der Waals surface area contributed by atoms with E-state index in [-0.39, 0.29) is 0 Å². The molecule has 0 aliphatic heterocycles. The summed E-state index contributed by atoms with van der Waals surface area (Å²) in [4.78, 5) is 11.4. The Bertz CT molecular complexity index is 685. The number of hydrogen-bond acceptors (Lipinski definition) is 3. The van der Waals surface area contributed by atoms with Crippen LogP contribution in [-0.4, -0.2) is 15.0 Å². The van der Waals surface area contributed by atoms with Crippen LogP contribution in [0.2, 0.25) is 0 Å². The van der Waals surface area contributed by atoms with Crippen molar-refractivity contribution in [2.45, 2.75) is 6.92 Å². The van der Waals surface area contributed by atoms with Gasteiger partial charge >= 0.3 is 0 Å². The number of aromatic amines is 1. The van der Waals surface area contributed by atoms with Crippen LogP contribution in [0, 0.1) is 6.92 Å². The average Bonchev–Trinajstić information content (AvgIpc) is 2.74. The summed E-state index contributed by atoms with van der Waals surface area (Å²) in [5.74, 6) is 0.296. The Kier molecular flexibility index (Phi) is 2.08. The number of hydrogen-bond donors (Lipinski definition) is 2. The lowest BCUT2D eigenvalue weighted by molar-refractivity contribution is 1.19. The summed E-state index contributed by atoms with van der Waals surface area (Å²) in [5.41, 5.74) is 9.86. The molecule has 17 heavy (non-hydrogen) atoms. The molecule has 1 aromatic carbocycles. The number of para-hydroxylation sites is 1. The van der Waals surface area contributed by atoms with Crippen molar-refractivity contribution in [2.24, 2.45) is 0 Å². The number of nitrogen functional groups attached to an aromatic ring is 1. The van der Waals surface area contributed by atoms with Crippen LogP contribution in [0.3, 0.4) is 0 Å². The van der Waals surface area contributed by atoms with Gasteiger partial charge in [0.25, 0.3) is 0 Å². The highest BCUT2D eigenvalue weighted by Gasteiger charge is 2.08. The first-order valence-electron chi connectivity index (χ1n) is 5.41. The first-order chi connectivity index (χ1) is 8.25. The van der Waals surface area contributed by atoms with Crippen LogP contribution in [0.25, 0.3) is 22.2 Å². The summed E-state index contributed by atoms with van der Waals surface area (Å²) in [6, 6.07) is 8.06. The zero-order valence-electron chi connectivity index (χ0n) is 9.44. The fourth-order valence-corrected chi connectivity index (χ4v) is 2.04. The lowest BCUT2D eigenvalue weighted by atomic mass is 10.1. The quantitative estimate of drug-likeness (QED) is 0.667. The van der Waals surface area contributed by atoms with Gasteiger partial charge in [-0.2, -0.15) is 0 Å². The minimum absolute atomic E-state index is 0.296. The number of nitrogens with one attached hydrogen (secondary N) is 1. The van der Waals surface area contributed by atoms with Gasteiger partial charge in [0.15, 0.2) is 0 Å². The van der Waals surface area contributed by atoms with E-state index in [0.717, 1.165) is 22.2 Å². The molecule has 0 atom stereocenters. The molecule has 3 N–H and O–H groups in total. The maximum absolute atomic E-state index is 5.61. The largest absolute Gasteiger partial charge is 0.368 e. The lowest BCUT2D eigenvalue weighted by Gasteiger charge is -2.00. The van der Waals surface area contributed by atoms with E-state index >= 15 is 0 Å². The monoisotopic (exact) mass is 224 g/mol. The highest BCUT2D eigenvalue weighted by molar-refractivity contribution is 5.96. The maximum atomic E-state index is 5.61. The van der Waals surface area contributed by atoms with Gasteiger partial charge in [-0.1, -0.05) is 18.2 Å². The number of fused-ring (bicyclic) bond motifs is 1. The Hall–Kier alpha value is -2.36. The molecule has 0 saturated heterocycles. The van der Waals surface area contributed by atoms with Crippen molar-refractivity contribution >= 4 is 16.9 Å². The molecule has 0 fully saturated rings. The predicted molar refractivity (Wildman–Crippen MR) is 68.5 cm³/mol. The molecule has 0 bridgehead atoms. The summed E-state index contributed by atoms with van der Waals surface area (Å²) < 4.78 is 0. The zero-order chi connectivity index (χ0) is 11.8. The van der Waals surface area contributed by atoms with Crippen LogP contribution in [0.4, 0.5) is 5.95 Å². The molecule has 2 aromatic heterocycles. The second-order valence-corrected chi connectivity index (χ2v) is 4.00. The van der Waals surface area contributed by atoms with Crippen molar-refractivity contribution in [3.8, 4) is 11.3 Å². The van der Waals surface area contributed by atoms with Crippen molar-refractivity contribution in [2.75, 3.05) is 5.73 Å². The third-order valence-corrected chi connectivity index (χ3v) is 2.87. The molecule has 4 heteroatoms. The maximum Gasteiger partial charge on any atom is 0.220 e. The number of nitrogens with zero attached hydrogens (tertiary/aromatic N) is 2. The summed E-state index contributed by atoms with van der Waals surface area (Å²) in [5, 5.41) is 1.16. The molecule has 0 radical (unpaired) electrons. The van der Waals surface area contributed by atoms with Gasteiger partial charge < -0.3 is 10.7 Å². The molecule has 0 saturated carbocycles. The van der Waals surface area contributed by atoms with Gasteiger partial charge in [-0.15, -0.1) is 0 Å². The Morgan fingerprint density at radius 3 is 2.94 bits per heavy atom. The molecule has 2 heterocycles. The van der Waals surface area contributed by atoms with E-state index in [1.165, 1.54) is 5.56 Å². The number of aromatic nitrogens is 3. The average molecular weight is 224 g/mol. The third-order valence-electron chi connectivity index (χ3n) is 2.87. The number of aryl methyl sites for hydroxylation is 1. The van der Waals surface area contributed by atoms with Crippen molar-refractivity contribution in [1.82, 2.24) is 15.0 Å². The predicted octanol–water partition coefficient (Wildman–Crippen LogP) is 2.52. The molecule has 0 unspecified atom stereocenters. The Labute approximate surface area is 98.5 Å². The Morgan fingerprint density at radius 2 is 2.12 bits per heavy atom. The SMILES string of the molecule is Cc1cccc2c(-c3ccnc(N)n3)c[nH]c12. The van der Waals surface area contributed by atoms with Crippen LogP contribution in [0.1, 0.15) is 5.56 Å². The van der Waals surface area contributed by atoms with Gasteiger partial charge in [-0.05, 0) is 18.6 Å². The standard InChI is InChI=1S/C13H12N4/c1-8-3-2-4-9-10(7-16-12(8)9)11-5-6-15-13(14)17-11/h2-7,16H,1H3,(H2,14,15,17). The van der Waals surface area contributed by atoms with Crippen LogP contribution in [0.15, 0.2) is 36.7 Å². The van der Waals surface area contributed by atoms with Gasteiger partial charge in [0.1, 0.15) is 0 Å². The first kappa shape index (κ1) is 9.84. The van der Waals surface area contributed by atoms with Gasteiger partial charge in [0, 0.05) is 28.9 Å². The number of anilines is 1. The fraction of sp³-hybridized carbons (Fsp3) is 0.0769. The normalized spacial score (nSPS) is 10.9. The van der Waals surface area contributed by atoms with Crippen molar-refractivity contribution < 1.29 is 0 Å². The highest BCUT2D eigenvalue weighted by Crippen LogP contribution is 2.28. The number of benzene rings is 1. The molecule has 3 rings (SSSR count). The molecule has 0 amide bonds. The first-order valence-corrected chi connectivity index (χ1v) is 5.41. The van der Waals surface area contributed by atoms with Crippen molar-refractivity contribution in [3.05, 3.63) is 42.2 Å². The molecular formula is C13H12N4. The van der Waals surface area contributed by atoms with Crippen LogP contribution < -0.4 is 5.73 Å². The van der Waals surface area contributed by atoms with E-state index in [1.807, 2.05) is 18.3 Å². The third kappa shape index (κ3) is 1.54. The van der Waals surface area contributed by atoms with E-state index < -0.39 is 0 Å². The fourth-order valence-electron chi connectivity index (χ4n) is 2.04. The second kappa shape index (κ2) is 3.59. The Balaban J connectivity index is 2.28. The number of nitrogens with two attached hydrogens (primary N) is 1. The van der Waals surface area contributed by atoms with E-state index in [9.17, 15) is 0 Å². The Morgan fingerprint density at radius 1 is 1.24 bits per heavy atom. The number of rotatable bonds is 1. The summed E-state index contributed by atoms with van der Waals surface area (Å²) in [6.45, 7) is 2.08. The summed E-state index contributed by atoms with van der Waals surface area (Å²) in [6.07, 6.45) is 3.63. The van der Waals surface area contributed by atoms with Crippen LogP contribution in [-0.2, 0) is 0 Å². The minimum atomic E-state index is 0.296. The zero-order valence-corrected chi connectivity index (χ0v) is 9.44. The van der Waals surface area contributed by atoms with Crippen molar-refractivity contribution in [1.29, 1.82) is 0 Å². The van der Waals surface area contributed by atoms with E-state index in [2.05, 4.69) is 34.0 Å². The van der Waals surface area contributed by atoms with Gasteiger partial charge in [0.2, 0.25) is 5.95 Å².